The highest BCUT2D eigenvalue weighted by Gasteiger charge is 2.39. The van der Waals surface area contributed by atoms with Crippen molar-refractivity contribution in [1.82, 2.24) is 4.90 Å². The van der Waals surface area contributed by atoms with Crippen LogP contribution in [0.25, 0.3) is 0 Å². The van der Waals surface area contributed by atoms with E-state index < -0.39 is 0 Å². The molecule has 2 aliphatic heterocycles. The predicted molar refractivity (Wildman–Crippen MR) is 132 cm³/mol. The second-order valence-electron chi connectivity index (χ2n) is 8.00. The van der Waals surface area contributed by atoms with Crippen molar-refractivity contribution in [1.29, 1.82) is 0 Å². The lowest BCUT2D eigenvalue weighted by atomic mass is 9.98. The lowest BCUT2D eigenvalue weighted by molar-refractivity contribution is -0.113. The van der Waals surface area contributed by atoms with Crippen LogP contribution in [0.3, 0.4) is 0 Å². The molecule has 0 unspecified atom stereocenters. The van der Waals surface area contributed by atoms with Crippen LogP contribution in [0.2, 0.25) is 5.02 Å². The van der Waals surface area contributed by atoms with Gasteiger partial charge in [-0.1, -0.05) is 60.1 Å². The highest BCUT2D eigenvalue weighted by molar-refractivity contribution is 8.16. The van der Waals surface area contributed by atoms with Crippen LogP contribution >= 0.6 is 23.4 Å². The van der Waals surface area contributed by atoms with Crippen molar-refractivity contribution in [3.63, 3.8) is 0 Å². The normalized spacial score (nSPS) is 18.0. The highest BCUT2D eigenvalue weighted by Crippen LogP contribution is 2.35. The zero-order valence-electron chi connectivity index (χ0n) is 17.9. The molecule has 1 N–H and O–H groups in total. The summed E-state index contributed by atoms with van der Waals surface area (Å²) in [7, 11) is 0. The molecular formula is C24H27ClN4OS. The first-order valence-corrected chi connectivity index (χ1v) is 12.0. The van der Waals surface area contributed by atoms with Gasteiger partial charge < -0.3 is 10.2 Å². The van der Waals surface area contributed by atoms with E-state index in [1.54, 1.807) is 24.3 Å². The van der Waals surface area contributed by atoms with Crippen LogP contribution in [-0.2, 0) is 4.79 Å². The number of nitrogens with one attached hydrogen (secondary N) is 1. The number of likely N-dealkylation sites (tertiary alicyclic amines) is 1. The van der Waals surface area contributed by atoms with Crippen molar-refractivity contribution in [3.8, 4) is 0 Å². The van der Waals surface area contributed by atoms with E-state index >= 15 is 0 Å². The standard InChI is InChI=1S/C24H27ClN4OS/c1-3-29-14-12-24(13-15-29)27-22(18-6-4-17(2)5-7-18)23(28-24)31-16-21(30)26-20-10-8-19(25)9-11-20/h4-11H,3,12-16H2,1-2H3,(H,26,30). The Morgan fingerprint density at radius 1 is 1.10 bits per heavy atom. The fourth-order valence-corrected chi connectivity index (χ4v) is 4.84. The number of aliphatic imine (C=N–C) groups is 2. The van der Waals surface area contributed by atoms with Crippen LogP contribution < -0.4 is 5.32 Å². The molecule has 1 amide bonds. The van der Waals surface area contributed by atoms with Crippen LogP contribution in [0, 0.1) is 6.92 Å². The monoisotopic (exact) mass is 454 g/mol. The topological polar surface area (TPSA) is 57.1 Å². The van der Waals surface area contributed by atoms with Crippen LogP contribution in [0.5, 0.6) is 0 Å². The van der Waals surface area contributed by atoms with Crippen molar-refractivity contribution in [3.05, 3.63) is 64.7 Å². The zero-order valence-corrected chi connectivity index (χ0v) is 19.5. The van der Waals surface area contributed by atoms with Crippen molar-refractivity contribution in [2.75, 3.05) is 30.7 Å². The van der Waals surface area contributed by atoms with Gasteiger partial charge in [0.15, 0.2) is 5.66 Å². The summed E-state index contributed by atoms with van der Waals surface area (Å²) in [6, 6.07) is 15.5. The summed E-state index contributed by atoms with van der Waals surface area (Å²) in [6.07, 6.45) is 1.83. The van der Waals surface area contributed by atoms with E-state index in [2.05, 4.69) is 48.3 Å². The smallest absolute Gasteiger partial charge is 0.234 e. The van der Waals surface area contributed by atoms with Gasteiger partial charge in [0.25, 0.3) is 0 Å². The molecule has 1 spiro atoms. The van der Waals surface area contributed by atoms with Crippen molar-refractivity contribution in [2.45, 2.75) is 32.4 Å². The molecule has 2 aromatic rings. The number of aryl methyl sites for hydroxylation is 1. The van der Waals surface area contributed by atoms with E-state index in [4.69, 9.17) is 21.6 Å². The maximum absolute atomic E-state index is 12.5. The Morgan fingerprint density at radius 2 is 1.77 bits per heavy atom. The van der Waals surface area contributed by atoms with Crippen LogP contribution in [-0.4, -0.2) is 52.6 Å². The Labute approximate surface area is 193 Å². The fourth-order valence-electron chi connectivity index (χ4n) is 3.84. The lowest BCUT2D eigenvalue weighted by Gasteiger charge is -2.34. The van der Waals surface area contributed by atoms with Crippen LogP contribution in [0.4, 0.5) is 5.69 Å². The minimum atomic E-state index is -0.388. The second-order valence-corrected chi connectivity index (χ2v) is 9.40. The SMILES string of the molecule is CCN1CCC2(CC1)N=C(SCC(=O)Nc1ccc(Cl)cc1)C(c1ccc(C)cc1)=N2. The van der Waals surface area contributed by atoms with Crippen molar-refractivity contribution in [2.24, 2.45) is 9.98 Å². The number of hydrogen-bond acceptors (Lipinski definition) is 5. The average molecular weight is 455 g/mol. The minimum Gasteiger partial charge on any atom is -0.325 e. The van der Waals surface area contributed by atoms with Gasteiger partial charge in [0.1, 0.15) is 5.04 Å². The minimum absolute atomic E-state index is 0.0694. The summed E-state index contributed by atoms with van der Waals surface area (Å²) in [5.74, 6) is 0.212. The number of piperidine rings is 1. The molecule has 2 aliphatic rings. The third-order valence-corrected chi connectivity index (χ3v) is 6.95. The number of amides is 1. The summed E-state index contributed by atoms with van der Waals surface area (Å²) < 4.78 is 0. The molecule has 4 rings (SSSR count). The summed E-state index contributed by atoms with van der Waals surface area (Å²) in [5, 5.41) is 4.43. The molecule has 0 aliphatic carbocycles. The molecular weight excluding hydrogens is 428 g/mol. The molecule has 0 bridgehead atoms. The third-order valence-electron chi connectivity index (χ3n) is 5.73. The first-order chi connectivity index (χ1) is 15.0. The van der Waals surface area contributed by atoms with E-state index in [-0.39, 0.29) is 17.3 Å². The second kappa shape index (κ2) is 9.55. The van der Waals surface area contributed by atoms with E-state index in [9.17, 15) is 4.79 Å². The van der Waals surface area contributed by atoms with Crippen molar-refractivity contribution < 1.29 is 4.79 Å². The molecule has 5 nitrogen and oxygen atoms in total. The molecule has 7 heteroatoms. The number of anilines is 1. The number of carbonyl (C=O) groups excluding carboxylic acids is 1. The van der Waals surface area contributed by atoms with Crippen molar-refractivity contribution >= 4 is 45.7 Å². The first kappa shape index (κ1) is 22.1. The van der Waals surface area contributed by atoms with E-state index in [1.165, 1.54) is 17.3 Å². The van der Waals surface area contributed by atoms with Gasteiger partial charge in [0.05, 0.1) is 11.5 Å². The van der Waals surface area contributed by atoms with Crippen LogP contribution in [0.15, 0.2) is 58.5 Å². The zero-order chi connectivity index (χ0) is 21.8. The largest absolute Gasteiger partial charge is 0.325 e. The Kier molecular flexibility index (Phi) is 6.80. The fraction of sp³-hybridized carbons (Fsp3) is 0.375. The van der Waals surface area contributed by atoms with E-state index in [0.29, 0.717) is 5.02 Å². The van der Waals surface area contributed by atoms with E-state index in [1.807, 2.05) is 0 Å². The first-order valence-electron chi connectivity index (χ1n) is 10.6. The molecule has 0 aromatic heterocycles. The summed E-state index contributed by atoms with van der Waals surface area (Å²) in [6.45, 7) is 7.32. The van der Waals surface area contributed by atoms with Gasteiger partial charge in [-0.2, -0.15) is 0 Å². The van der Waals surface area contributed by atoms with Gasteiger partial charge in [-0.15, -0.1) is 0 Å². The van der Waals surface area contributed by atoms with Gasteiger partial charge in [-0.3, -0.25) is 9.79 Å². The molecule has 1 saturated heterocycles. The van der Waals surface area contributed by atoms with Gasteiger partial charge in [-0.25, -0.2) is 4.99 Å². The quantitative estimate of drug-likeness (QED) is 0.689. The molecule has 162 valence electrons. The van der Waals surface area contributed by atoms with Gasteiger partial charge in [0.2, 0.25) is 5.91 Å². The number of hydrogen-bond donors (Lipinski definition) is 1. The number of rotatable bonds is 5. The highest BCUT2D eigenvalue weighted by atomic mass is 35.5. The number of halogens is 1. The summed E-state index contributed by atoms with van der Waals surface area (Å²) >= 11 is 7.38. The Hall–Kier alpha value is -2.15. The van der Waals surface area contributed by atoms with Gasteiger partial charge in [0, 0.05) is 42.2 Å². The Morgan fingerprint density at radius 3 is 2.42 bits per heavy atom. The third kappa shape index (κ3) is 5.37. The number of thioether (sulfide) groups is 1. The predicted octanol–water partition coefficient (Wildman–Crippen LogP) is 5.03. The number of benzene rings is 2. The number of carbonyl (C=O) groups is 1. The van der Waals surface area contributed by atoms with Crippen LogP contribution in [0.1, 0.15) is 30.9 Å². The lowest BCUT2D eigenvalue weighted by Crippen LogP contribution is -2.41. The molecule has 2 heterocycles. The molecule has 0 atom stereocenters. The molecule has 2 aromatic carbocycles. The molecule has 0 saturated carbocycles. The maximum atomic E-state index is 12.5. The molecule has 0 radical (unpaired) electrons. The average Bonchev–Trinajstić information content (AvgIpc) is 3.13. The molecule has 31 heavy (non-hydrogen) atoms. The number of nitrogens with zero attached hydrogens (tertiary/aromatic N) is 3. The maximum Gasteiger partial charge on any atom is 0.234 e. The van der Waals surface area contributed by atoms with Gasteiger partial charge >= 0.3 is 0 Å². The Balaban J connectivity index is 1.49. The Bertz CT molecular complexity index is 993. The van der Waals surface area contributed by atoms with Gasteiger partial charge in [-0.05, 0) is 37.7 Å². The summed E-state index contributed by atoms with van der Waals surface area (Å²) in [5.41, 5.74) is 3.53. The van der Waals surface area contributed by atoms with E-state index in [0.717, 1.165) is 54.5 Å². The summed E-state index contributed by atoms with van der Waals surface area (Å²) in [4.78, 5) is 25.2. The molecule has 1 fully saturated rings.